The lowest BCUT2D eigenvalue weighted by Crippen LogP contribution is -2.02. The number of aliphatic hydroxyl groups is 2. The summed E-state index contributed by atoms with van der Waals surface area (Å²) in [4.78, 5) is 10.3. The van der Waals surface area contributed by atoms with E-state index in [1.807, 2.05) is 0 Å². The van der Waals surface area contributed by atoms with Crippen molar-refractivity contribution in [3.05, 3.63) is 35.6 Å². The van der Waals surface area contributed by atoms with Crippen LogP contribution in [0.15, 0.2) is 30.0 Å². The molecule has 0 aliphatic carbocycles. The van der Waals surface area contributed by atoms with E-state index in [0.717, 1.165) is 0 Å². The van der Waals surface area contributed by atoms with Crippen molar-refractivity contribution in [2.75, 3.05) is 0 Å². The number of phenolic OH excluding ortho intramolecular Hbond substituents is 1. The molecule has 0 fully saturated rings. The molecule has 0 bridgehead atoms. The molecule has 1 aromatic rings. The Morgan fingerprint density at radius 2 is 1.50 bits per heavy atom. The zero-order valence-electron chi connectivity index (χ0n) is 7.01. The Kier molecular flexibility index (Phi) is 2.62. The topological polar surface area (TPSA) is 98.0 Å². The summed E-state index contributed by atoms with van der Waals surface area (Å²) in [7, 11) is 0. The van der Waals surface area contributed by atoms with Gasteiger partial charge in [0.15, 0.2) is 5.76 Å². The molecular formula is C9H8O5. The largest absolute Gasteiger partial charge is 0.508 e. The highest BCUT2D eigenvalue weighted by Crippen LogP contribution is 2.17. The van der Waals surface area contributed by atoms with Gasteiger partial charge in [-0.3, -0.25) is 0 Å². The Hall–Kier alpha value is -2.17. The first-order valence-electron chi connectivity index (χ1n) is 3.67. The Balaban J connectivity index is 3.12. The molecule has 14 heavy (non-hydrogen) atoms. The third kappa shape index (κ3) is 1.95. The van der Waals surface area contributed by atoms with Gasteiger partial charge in [-0.15, -0.1) is 0 Å². The summed E-state index contributed by atoms with van der Waals surface area (Å²) in [5, 5.41) is 35.4. The molecule has 0 spiro atoms. The van der Waals surface area contributed by atoms with Crippen molar-refractivity contribution in [2.24, 2.45) is 0 Å². The van der Waals surface area contributed by atoms with Gasteiger partial charge in [0.1, 0.15) is 5.75 Å². The van der Waals surface area contributed by atoms with Crippen LogP contribution in [0.25, 0.3) is 5.76 Å². The van der Waals surface area contributed by atoms with Crippen LogP contribution in [0.3, 0.4) is 0 Å². The van der Waals surface area contributed by atoms with Crippen LogP contribution in [-0.2, 0) is 4.79 Å². The molecule has 74 valence electrons. The third-order valence-electron chi connectivity index (χ3n) is 1.57. The molecule has 0 heterocycles. The van der Waals surface area contributed by atoms with Crippen molar-refractivity contribution in [1.29, 1.82) is 0 Å². The molecule has 0 aromatic heterocycles. The maximum atomic E-state index is 10.3. The van der Waals surface area contributed by atoms with Gasteiger partial charge in [-0.05, 0) is 24.3 Å². The van der Waals surface area contributed by atoms with Crippen molar-refractivity contribution in [2.45, 2.75) is 0 Å². The summed E-state index contributed by atoms with van der Waals surface area (Å²) in [6, 6.07) is 5.09. The summed E-state index contributed by atoms with van der Waals surface area (Å²) >= 11 is 0. The fourth-order valence-corrected chi connectivity index (χ4v) is 0.857. The summed E-state index contributed by atoms with van der Waals surface area (Å²) in [6.45, 7) is 0. The zero-order chi connectivity index (χ0) is 10.7. The molecule has 5 heteroatoms. The van der Waals surface area contributed by atoms with E-state index < -0.39 is 17.5 Å². The minimum absolute atomic E-state index is 0.0173. The van der Waals surface area contributed by atoms with Gasteiger partial charge in [0, 0.05) is 5.56 Å². The predicted octanol–water partition coefficient (Wildman–Crippen LogP) is 1.26. The molecule has 0 aliphatic heterocycles. The third-order valence-corrected chi connectivity index (χ3v) is 1.57. The van der Waals surface area contributed by atoms with E-state index in [0.29, 0.717) is 0 Å². The molecular weight excluding hydrogens is 188 g/mol. The maximum Gasteiger partial charge on any atom is 0.374 e. The van der Waals surface area contributed by atoms with Gasteiger partial charge in [0.05, 0.1) is 0 Å². The fourth-order valence-electron chi connectivity index (χ4n) is 0.857. The quantitative estimate of drug-likeness (QED) is 0.421. The number of carbonyl (C=O) groups is 1. The average molecular weight is 196 g/mol. The summed E-state index contributed by atoms with van der Waals surface area (Å²) < 4.78 is 0. The number of hydrogen-bond donors (Lipinski definition) is 4. The number of carboxylic acid groups (broad SMARTS) is 1. The van der Waals surface area contributed by atoms with Gasteiger partial charge < -0.3 is 20.4 Å². The highest BCUT2D eigenvalue weighted by atomic mass is 16.4. The number of aromatic hydroxyl groups is 1. The van der Waals surface area contributed by atoms with E-state index >= 15 is 0 Å². The molecule has 0 saturated heterocycles. The monoisotopic (exact) mass is 196 g/mol. The summed E-state index contributed by atoms with van der Waals surface area (Å²) in [6.07, 6.45) is 0. The molecule has 1 rings (SSSR count). The highest BCUT2D eigenvalue weighted by molar-refractivity contribution is 5.91. The smallest absolute Gasteiger partial charge is 0.374 e. The molecule has 4 N–H and O–H groups in total. The van der Waals surface area contributed by atoms with Crippen LogP contribution in [-0.4, -0.2) is 26.4 Å². The Labute approximate surface area is 79.2 Å². The standard InChI is InChI=1S/C9H8O5/c10-6-3-1-5(2-4-6)7(11)8(12)9(13)14/h1-4,10-12H,(H,13,14)/b8-7+. The van der Waals surface area contributed by atoms with Gasteiger partial charge in [-0.25, -0.2) is 4.79 Å². The van der Waals surface area contributed by atoms with Gasteiger partial charge in [0.2, 0.25) is 5.76 Å². The lowest BCUT2D eigenvalue weighted by Gasteiger charge is -2.01. The first kappa shape index (κ1) is 9.91. The van der Waals surface area contributed by atoms with Crippen LogP contribution in [0.4, 0.5) is 0 Å². The summed E-state index contributed by atoms with van der Waals surface area (Å²) in [5.41, 5.74) is 0.114. The minimum Gasteiger partial charge on any atom is -0.508 e. The number of aliphatic carboxylic acids is 1. The SMILES string of the molecule is O=C(O)/C(O)=C(\O)c1ccc(O)cc1. The number of carboxylic acids is 1. The fraction of sp³-hybridized carbons (Fsp3) is 0. The van der Waals surface area contributed by atoms with Crippen LogP contribution in [0.5, 0.6) is 5.75 Å². The van der Waals surface area contributed by atoms with Crippen LogP contribution < -0.4 is 0 Å². The second kappa shape index (κ2) is 3.69. The Morgan fingerprint density at radius 3 is 1.93 bits per heavy atom. The van der Waals surface area contributed by atoms with Crippen molar-refractivity contribution >= 4 is 11.7 Å². The molecule has 5 nitrogen and oxygen atoms in total. The van der Waals surface area contributed by atoms with Crippen LogP contribution >= 0.6 is 0 Å². The molecule has 0 amide bonds. The zero-order valence-corrected chi connectivity index (χ0v) is 7.01. The van der Waals surface area contributed by atoms with E-state index in [-0.39, 0.29) is 11.3 Å². The van der Waals surface area contributed by atoms with Gasteiger partial charge in [0.25, 0.3) is 0 Å². The van der Waals surface area contributed by atoms with E-state index in [1.54, 1.807) is 0 Å². The van der Waals surface area contributed by atoms with Crippen molar-refractivity contribution < 1.29 is 25.2 Å². The first-order valence-corrected chi connectivity index (χ1v) is 3.67. The number of aliphatic hydroxyl groups excluding tert-OH is 2. The highest BCUT2D eigenvalue weighted by Gasteiger charge is 2.13. The van der Waals surface area contributed by atoms with E-state index in [4.69, 9.17) is 15.3 Å². The lowest BCUT2D eigenvalue weighted by molar-refractivity contribution is -0.135. The van der Waals surface area contributed by atoms with Crippen molar-refractivity contribution in [3.63, 3.8) is 0 Å². The van der Waals surface area contributed by atoms with E-state index in [9.17, 15) is 9.90 Å². The molecule has 0 aliphatic rings. The first-order chi connectivity index (χ1) is 6.52. The molecule has 0 atom stereocenters. The van der Waals surface area contributed by atoms with Crippen LogP contribution in [0, 0.1) is 0 Å². The second-order valence-electron chi connectivity index (χ2n) is 2.55. The van der Waals surface area contributed by atoms with Crippen molar-refractivity contribution in [3.8, 4) is 5.75 Å². The van der Waals surface area contributed by atoms with Crippen LogP contribution in [0.2, 0.25) is 0 Å². The second-order valence-corrected chi connectivity index (χ2v) is 2.55. The predicted molar refractivity (Wildman–Crippen MR) is 47.9 cm³/mol. The number of benzene rings is 1. The molecule has 0 unspecified atom stereocenters. The lowest BCUT2D eigenvalue weighted by atomic mass is 10.1. The van der Waals surface area contributed by atoms with E-state index in [1.165, 1.54) is 24.3 Å². The Morgan fingerprint density at radius 1 is 1.00 bits per heavy atom. The maximum absolute atomic E-state index is 10.3. The molecule has 1 aromatic carbocycles. The molecule has 0 saturated carbocycles. The van der Waals surface area contributed by atoms with Crippen molar-refractivity contribution in [1.82, 2.24) is 0 Å². The van der Waals surface area contributed by atoms with Crippen LogP contribution in [0.1, 0.15) is 5.56 Å². The van der Waals surface area contributed by atoms with Gasteiger partial charge >= 0.3 is 5.97 Å². The average Bonchev–Trinajstić information content (AvgIpc) is 2.16. The summed E-state index contributed by atoms with van der Waals surface area (Å²) in [5.74, 6) is -3.50. The van der Waals surface area contributed by atoms with Gasteiger partial charge in [-0.1, -0.05) is 0 Å². The minimum atomic E-state index is -1.62. The van der Waals surface area contributed by atoms with E-state index in [2.05, 4.69) is 0 Å². The Bertz CT molecular complexity index is 377. The molecule has 0 radical (unpaired) electrons. The normalized spacial score (nSPS) is 12.0. The van der Waals surface area contributed by atoms with Gasteiger partial charge in [-0.2, -0.15) is 0 Å². The number of rotatable bonds is 2. The number of phenols is 1. The number of hydrogen-bond acceptors (Lipinski definition) is 4.